The topological polar surface area (TPSA) is 75.4 Å². The van der Waals surface area contributed by atoms with Crippen LogP contribution in [-0.2, 0) is 0 Å². The lowest BCUT2D eigenvalue weighted by Crippen LogP contribution is -2.59. The Kier molecular flexibility index (Phi) is 3.65. The van der Waals surface area contributed by atoms with E-state index >= 15 is 0 Å². The minimum absolute atomic E-state index is 0.0648. The molecule has 0 aliphatic heterocycles. The van der Waals surface area contributed by atoms with Gasteiger partial charge in [-0.2, -0.15) is 0 Å². The fourth-order valence-electron chi connectivity index (χ4n) is 5.58. The third kappa shape index (κ3) is 2.88. The van der Waals surface area contributed by atoms with Crippen molar-refractivity contribution in [1.82, 2.24) is 5.32 Å². The summed E-state index contributed by atoms with van der Waals surface area (Å²) >= 11 is 0. The molecule has 1 aromatic carbocycles. The molecule has 1 atom stereocenters. The zero-order valence-electron chi connectivity index (χ0n) is 13.3. The predicted octanol–water partition coefficient (Wildman–Crippen LogP) is 3.19. The Morgan fingerprint density at radius 2 is 1.65 bits per heavy atom. The van der Waals surface area contributed by atoms with Gasteiger partial charge in [-0.3, -0.25) is 10.1 Å². The van der Waals surface area contributed by atoms with E-state index in [1.165, 1.54) is 50.7 Å². The highest BCUT2D eigenvalue weighted by molar-refractivity contribution is 5.33. The number of nitro groups is 1. The highest BCUT2D eigenvalue weighted by Crippen LogP contribution is 2.55. The van der Waals surface area contributed by atoms with Crippen LogP contribution in [0, 0.1) is 27.9 Å². The lowest BCUT2D eigenvalue weighted by atomic mass is 9.53. The number of hydrogen-bond acceptors (Lipinski definition) is 4. The fourth-order valence-corrected chi connectivity index (χ4v) is 5.58. The molecule has 5 heteroatoms. The molecule has 0 aromatic heterocycles. The summed E-state index contributed by atoms with van der Waals surface area (Å²) in [6.07, 6.45) is 7.39. The van der Waals surface area contributed by atoms with Crippen LogP contribution in [0.25, 0.3) is 0 Å². The molecule has 0 saturated heterocycles. The van der Waals surface area contributed by atoms with E-state index in [0.29, 0.717) is 6.54 Å². The molecule has 0 amide bonds. The Labute approximate surface area is 136 Å². The minimum Gasteiger partial charge on any atom is -0.387 e. The maximum atomic E-state index is 10.7. The van der Waals surface area contributed by atoms with E-state index in [2.05, 4.69) is 5.32 Å². The summed E-state index contributed by atoms with van der Waals surface area (Å²) < 4.78 is 0. The number of nitrogens with zero attached hydrogens (tertiary/aromatic N) is 1. The number of rotatable bonds is 5. The van der Waals surface area contributed by atoms with Crippen molar-refractivity contribution in [2.24, 2.45) is 17.8 Å². The van der Waals surface area contributed by atoms with E-state index in [9.17, 15) is 15.2 Å². The van der Waals surface area contributed by atoms with Crippen LogP contribution in [0.2, 0.25) is 0 Å². The summed E-state index contributed by atoms with van der Waals surface area (Å²) in [5, 5.41) is 24.8. The van der Waals surface area contributed by atoms with Gasteiger partial charge in [0.2, 0.25) is 0 Å². The second-order valence-corrected chi connectivity index (χ2v) is 7.94. The molecule has 4 aliphatic rings. The molecule has 5 nitrogen and oxygen atoms in total. The Bertz CT molecular complexity index is 564. The predicted molar refractivity (Wildman–Crippen MR) is 87.0 cm³/mol. The third-order valence-corrected chi connectivity index (χ3v) is 6.20. The second kappa shape index (κ2) is 5.56. The van der Waals surface area contributed by atoms with E-state index in [-0.39, 0.29) is 11.2 Å². The average Bonchev–Trinajstić information content (AvgIpc) is 2.51. The number of aliphatic hydroxyl groups is 1. The number of non-ortho nitro benzene ring substituents is 1. The van der Waals surface area contributed by atoms with E-state index in [4.69, 9.17) is 0 Å². The molecule has 4 bridgehead atoms. The van der Waals surface area contributed by atoms with E-state index in [1.54, 1.807) is 12.1 Å². The quantitative estimate of drug-likeness (QED) is 0.646. The van der Waals surface area contributed by atoms with Gasteiger partial charge in [0.15, 0.2) is 0 Å². The first-order valence-corrected chi connectivity index (χ1v) is 8.70. The summed E-state index contributed by atoms with van der Waals surface area (Å²) in [5.41, 5.74) is 1.04. The van der Waals surface area contributed by atoms with Gasteiger partial charge in [0, 0.05) is 24.2 Å². The van der Waals surface area contributed by atoms with E-state index in [0.717, 1.165) is 23.3 Å². The molecule has 4 aliphatic carbocycles. The van der Waals surface area contributed by atoms with Gasteiger partial charge >= 0.3 is 0 Å². The van der Waals surface area contributed by atoms with Crippen molar-refractivity contribution in [2.45, 2.75) is 50.2 Å². The van der Waals surface area contributed by atoms with Gasteiger partial charge in [-0.15, -0.1) is 0 Å². The van der Waals surface area contributed by atoms with Crippen LogP contribution in [-0.4, -0.2) is 22.1 Å². The van der Waals surface area contributed by atoms with Crippen molar-refractivity contribution < 1.29 is 10.0 Å². The van der Waals surface area contributed by atoms with Crippen LogP contribution in [0.1, 0.15) is 50.2 Å². The van der Waals surface area contributed by atoms with Gasteiger partial charge in [0.05, 0.1) is 11.0 Å². The summed E-state index contributed by atoms with van der Waals surface area (Å²) in [4.78, 5) is 10.3. The molecule has 0 heterocycles. The van der Waals surface area contributed by atoms with Crippen LogP contribution < -0.4 is 5.32 Å². The molecule has 23 heavy (non-hydrogen) atoms. The third-order valence-electron chi connectivity index (χ3n) is 6.20. The molecule has 0 radical (unpaired) electrons. The maximum Gasteiger partial charge on any atom is 0.269 e. The number of nitrogens with one attached hydrogen (secondary N) is 1. The zero-order chi connectivity index (χ0) is 16.0. The first-order valence-electron chi connectivity index (χ1n) is 8.70. The van der Waals surface area contributed by atoms with Crippen LogP contribution in [0.3, 0.4) is 0 Å². The maximum absolute atomic E-state index is 10.7. The number of aliphatic hydroxyl groups excluding tert-OH is 1. The van der Waals surface area contributed by atoms with Crippen LogP contribution >= 0.6 is 0 Å². The highest BCUT2D eigenvalue weighted by atomic mass is 16.6. The normalized spacial score (nSPS) is 36.1. The largest absolute Gasteiger partial charge is 0.387 e. The SMILES string of the molecule is O=[N+]([O-])c1ccc([C@H](O)CNC23CC4CC(CC(C4)C2)C3)cc1. The van der Waals surface area contributed by atoms with Gasteiger partial charge in [-0.25, -0.2) is 0 Å². The van der Waals surface area contributed by atoms with Gasteiger partial charge in [-0.05, 0) is 74.0 Å². The molecule has 124 valence electrons. The summed E-state index contributed by atoms with van der Waals surface area (Å²) in [6.45, 7) is 0.532. The summed E-state index contributed by atoms with van der Waals surface area (Å²) in [5.74, 6) is 2.64. The van der Waals surface area contributed by atoms with Crippen LogP contribution in [0.4, 0.5) is 5.69 Å². The van der Waals surface area contributed by atoms with Gasteiger partial charge < -0.3 is 10.4 Å². The Morgan fingerprint density at radius 1 is 1.13 bits per heavy atom. The standard InChI is InChI=1S/C18H24N2O3/c21-17(15-1-3-16(4-2-15)20(22)23)11-19-18-8-12-5-13(9-18)7-14(6-12)10-18/h1-4,12-14,17,19,21H,5-11H2/t12?,13?,14?,17-,18?/m1/s1. The molecule has 0 spiro atoms. The first kappa shape index (κ1) is 15.1. The Hall–Kier alpha value is -1.46. The summed E-state index contributed by atoms with van der Waals surface area (Å²) in [6, 6.07) is 6.24. The molecule has 2 N–H and O–H groups in total. The highest BCUT2D eigenvalue weighted by Gasteiger charge is 2.50. The molecule has 4 saturated carbocycles. The molecular formula is C18H24N2O3. The minimum atomic E-state index is -0.608. The van der Waals surface area contributed by atoms with Crippen molar-refractivity contribution in [3.63, 3.8) is 0 Å². The molecular weight excluding hydrogens is 292 g/mol. The smallest absolute Gasteiger partial charge is 0.269 e. The molecule has 4 fully saturated rings. The number of nitro benzene ring substituents is 1. The van der Waals surface area contributed by atoms with Crippen molar-refractivity contribution in [1.29, 1.82) is 0 Å². The Balaban J connectivity index is 1.39. The van der Waals surface area contributed by atoms with Crippen LogP contribution in [0.15, 0.2) is 24.3 Å². The second-order valence-electron chi connectivity index (χ2n) is 7.94. The van der Waals surface area contributed by atoms with Crippen LogP contribution in [0.5, 0.6) is 0 Å². The zero-order valence-corrected chi connectivity index (χ0v) is 13.3. The van der Waals surface area contributed by atoms with Crippen molar-refractivity contribution in [3.05, 3.63) is 39.9 Å². The average molecular weight is 316 g/mol. The molecule has 5 rings (SSSR count). The van der Waals surface area contributed by atoms with Crippen molar-refractivity contribution >= 4 is 5.69 Å². The lowest BCUT2D eigenvalue weighted by Gasteiger charge is -2.57. The summed E-state index contributed by atoms with van der Waals surface area (Å²) in [7, 11) is 0. The molecule has 0 unspecified atom stereocenters. The van der Waals surface area contributed by atoms with Gasteiger partial charge in [0.1, 0.15) is 0 Å². The lowest BCUT2D eigenvalue weighted by molar-refractivity contribution is -0.384. The first-order chi connectivity index (χ1) is 11.0. The number of β-amino-alcohol motifs (C(OH)–C–C–N with tert-alkyl or cyclic N) is 1. The monoisotopic (exact) mass is 316 g/mol. The van der Waals surface area contributed by atoms with Crippen molar-refractivity contribution in [2.75, 3.05) is 6.54 Å². The number of benzene rings is 1. The Morgan fingerprint density at radius 3 is 2.13 bits per heavy atom. The molecule has 1 aromatic rings. The fraction of sp³-hybridized carbons (Fsp3) is 0.667. The van der Waals surface area contributed by atoms with Gasteiger partial charge in [0.25, 0.3) is 5.69 Å². The van der Waals surface area contributed by atoms with E-state index < -0.39 is 11.0 Å². The van der Waals surface area contributed by atoms with E-state index in [1.807, 2.05) is 0 Å². The number of hydrogen-bond donors (Lipinski definition) is 2. The van der Waals surface area contributed by atoms with Crippen molar-refractivity contribution in [3.8, 4) is 0 Å². The van der Waals surface area contributed by atoms with Gasteiger partial charge in [-0.1, -0.05) is 0 Å².